The van der Waals surface area contributed by atoms with Crippen LogP contribution in [0.3, 0.4) is 0 Å². The lowest BCUT2D eigenvalue weighted by Gasteiger charge is -2.01. The van der Waals surface area contributed by atoms with Crippen molar-refractivity contribution in [2.45, 2.75) is 0 Å². The smallest absolute Gasteiger partial charge is 0.190 e. The Labute approximate surface area is 68.0 Å². The van der Waals surface area contributed by atoms with Crippen molar-refractivity contribution >= 4 is 11.0 Å². The number of H-pyrrole nitrogens is 1. The van der Waals surface area contributed by atoms with E-state index in [1.807, 2.05) is 0 Å². The van der Waals surface area contributed by atoms with Crippen LogP contribution in [-0.4, -0.2) is 27.6 Å². The third-order valence-corrected chi connectivity index (χ3v) is 1.63. The van der Waals surface area contributed by atoms with Gasteiger partial charge in [-0.1, -0.05) is 0 Å². The normalized spacial score (nSPS) is 10.4. The van der Waals surface area contributed by atoms with E-state index in [0.29, 0.717) is 16.8 Å². The van der Waals surface area contributed by atoms with Crippen LogP contribution in [0.4, 0.5) is 0 Å². The molecule has 2 N–H and O–H groups in total. The highest BCUT2D eigenvalue weighted by atomic mass is 16.5. The van der Waals surface area contributed by atoms with Crippen LogP contribution < -0.4 is 4.74 Å². The largest absolute Gasteiger partial charge is 0.504 e. The SMILES string of the molecule is COc1c(O)ccc2n[nH]nc12. The van der Waals surface area contributed by atoms with Gasteiger partial charge >= 0.3 is 0 Å². The van der Waals surface area contributed by atoms with E-state index in [2.05, 4.69) is 15.4 Å². The fourth-order valence-corrected chi connectivity index (χ4v) is 1.08. The van der Waals surface area contributed by atoms with Gasteiger partial charge in [0.15, 0.2) is 17.0 Å². The van der Waals surface area contributed by atoms with Gasteiger partial charge in [-0.05, 0) is 12.1 Å². The first-order valence-electron chi connectivity index (χ1n) is 3.39. The Bertz CT molecular complexity index is 410. The van der Waals surface area contributed by atoms with E-state index in [1.165, 1.54) is 13.2 Å². The first-order valence-corrected chi connectivity index (χ1v) is 3.39. The Hall–Kier alpha value is -1.78. The molecule has 0 atom stereocenters. The zero-order valence-corrected chi connectivity index (χ0v) is 6.40. The number of methoxy groups -OCH3 is 1. The molecule has 1 aromatic heterocycles. The topological polar surface area (TPSA) is 71.0 Å². The second-order valence-corrected chi connectivity index (χ2v) is 2.31. The Morgan fingerprint density at radius 2 is 2.25 bits per heavy atom. The van der Waals surface area contributed by atoms with Crippen LogP contribution in [0.2, 0.25) is 0 Å². The van der Waals surface area contributed by atoms with E-state index in [9.17, 15) is 5.11 Å². The van der Waals surface area contributed by atoms with Gasteiger partial charge in [0.05, 0.1) is 7.11 Å². The summed E-state index contributed by atoms with van der Waals surface area (Å²) in [5.41, 5.74) is 1.21. The van der Waals surface area contributed by atoms with Gasteiger partial charge in [0.25, 0.3) is 0 Å². The lowest BCUT2D eigenvalue weighted by Crippen LogP contribution is -1.85. The second-order valence-electron chi connectivity index (χ2n) is 2.31. The van der Waals surface area contributed by atoms with Gasteiger partial charge in [0.1, 0.15) is 5.52 Å². The van der Waals surface area contributed by atoms with E-state index in [1.54, 1.807) is 6.07 Å². The number of ether oxygens (including phenoxy) is 1. The molecule has 2 rings (SSSR count). The van der Waals surface area contributed by atoms with Gasteiger partial charge in [-0.2, -0.15) is 15.4 Å². The molecule has 0 aliphatic carbocycles. The number of rotatable bonds is 1. The summed E-state index contributed by atoms with van der Waals surface area (Å²) in [6, 6.07) is 3.18. The number of benzene rings is 1. The number of hydrogen-bond acceptors (Lipinski definition) is 4. The van der Waals surface area contributed by atoms with Gasteiger partial charge in [0.2, 0.25) is 0 Å². The molecular formula is C7H7N3O2. The Morgan fingerprint density at radius 1 is 1.42 bits per heavy atom. The highest BCUT2D eigenvalue weighted by Gasteiger charge is 2.09. The van der Waals surface area contributed by atoms with Crippen LogP contribution in [0, 0.1) is 0 Å². The molecule has 5 heteroatoms. The quantitative estimate of drug-likeness (QED) is 0.651. The molecule has 0 amide bonds. The van der Waals surface area contributed by atoms with E-state index in [0.717, 1.165) is 0 Å². The number of phenols is 1. The molecule has 12 heavy (non-hydrogen) atoms. The average Bonchev–Trinajstić information content (AvgIpc) is 2.52. The molecule has 0 radical (unpaired) electrons. The van der Waals surface area contributed by atoms with Crippen LogP contribution in [0.15, 0.2) is 12.1 Å². The predicted octanol–water partition coefficient (Wildman–Crippen LogP) is 0.672. The molecular weight excluding hydrogens is 158 g/mol. The van der Waals surface area contributed by atoms with Crippen LogP contribution >= 0.6 is 0 Å². The Kier molecular flexibility index (Phi) is 1.36. The monoisotopic (exact) mass is 165 g/mol. The summed E-state index contributed by atoms with van der Waals surface area (Å²) in [5.74, 6) is 0.417. The van der Waals surface area contributed by atoms with Crippen molar-refractivity contribution in [1.29, 1.82) is 0 Å². The maximum absolute atomic E-state index is 9.32. The minimum atomic E-state index is 0.0684. The molecule has 0 saturated carbocycles. The van der Waals surface area contributed by atoms with E-state index >= 15 is 0 Å². The zero-order valence-electron chi connectivity index (χ0n) is 6.40. The van der Waals surface area contributed by atoms with Gasteiger partial charge in [-0.25, -0.2) is 0 Å². The summed E-state index contributed by atoms with van der Waals surface area (Å²) in [5, 5.41) is 19.4. The van der Waals surface area contributed by atoms with Gasteiger partial charge in [-0.15, -0.1) is 0 Å². The second kappa shape index (κ2) is 2.37. The van der Waals surface area contributed by atoms with Crippen molar-refractivity contribution in [3.05, 3.63) is 12.1 Å². The van der Waals surface area contributed by atoms with Crippen molar-refractivity contribution in [2.75, 3.05) is 7.11 Å². The van der Waals surface area contributed by atoms with E-state index in [-0.39, 0.29) is 5.75 Å². The summed E-state index contributed by atoms with van der Waals surface area (Å²) >= 11 is 0. The summed E-state index contributed by atoms with van der Waals surface area (Å²) < 4.78 is 4.94. The van der Waals surface area contributed by atoms with Crippen molar-refractivity contribution in [1.82, 2.24) is 15.4 Å². The predicted molar refractivity (Wildman–Crippen MR) is 42.1 cm³/mol. The minimum absolute atomic E-state index is 0.0684. The number of aromatic nitrogens is 3. The maximum atomic E-state index is 9.32. The number of aromatic amines is 1. The van der Waals surface area contributed by atoms with E-state index in [4.69, 9.17) is 4.74 Å². The van der Waals surface area contributed by atoms with Crippen molar-refractivity contribution in [3.8, 4) is 11.5 Å². The lowest BCUT2D eigenvalue weighted by atomic mass is 10.3. The molecule has 0 unspecified atom stereocenters. The highest BCUT2D eigenvalue weighted by molar-refractivity contribution is 5.83. The Morgan fingerprint density at radius 3 is 3.00 bits per heavy atom. The van der Waals surface area contributed by atoms with Crippen molar-refractivity contribution < 1.29 is 9.84 Å². The third-order valence-electron chi connectivity index (χ3n) is 1.63. The first-order chi connectivity index (χ1) is 5.83. The van der Waals surface area contributed by atoms with Crippen LogP contribution in [-0.2, 0) is 0 Å². The van der Waals surface area contributed by atoms with Crippen molar-refractivity contribution in [3.63, 3.8) is 0 Å². The lowest BCUT2D eigenvalue weighted by molar-refractivity contribution is 0.377. The maximum Gasteiger partial charge on any atom is 0.190 e. The van der Waals surface area contributed by atoms with Crippen molar-refractivity contribution in [2.24, 2.45) is 0 Å². The van der Waals surface area contributed by atoms with Crippen LogP contribution in [0.25, 0.3) is 11.0 Å². The number of aromatic hydroxyl groups is 1. The summed E-state index contributed by atoms with van der Waals surface area (Å²) in [4.78, 5) is 0. The zero-order chi connectivity index (χ0) is 8.55. The molecule has 2 aromatic rings. The number of phenolic OH excluding ortho intramolecular Hbond substituents is 1. The average molecular weight is 165 g/mol. The highest BCUT2D eigenvalue weighted by Crippen LogP contribution is 2.31. The molecule has 1 aromatic carbocycles. The molecule has 0 aliphatic heterocycles. The van der Waals surface area contributed by atoms with Gasteiger partial charge in [0, 0.05) is 0 Å². The Balaban J connectivity index is 2.83. The number of nitrogens with one attached hydrogen (secondary N) is 1. The van der Waals surface area contributed by atoms with Crippen LogP contribution in [0.5, 0.6) is 11.5 Å². The molecule has 1 heterocycles. The summed E-state index contributed by atoms with van der Waals surface area (Å²) in [7, 11) is 1.48. The number of hydrogen-bond donors (Lipinski definition) is 2. The van der Waals surface area contributed by atoms with Crippen LogP contribution in [0.1, 0.15) is 0 Å². The van der Waals surface area contributed by atoms with Gasteiger partial charge in [-0.3, -0.25) is 0 Å². The molecule has 62 valence electrons. The minimum Gasteiger partial charge on any atom is -0.504 e. The van der Waals surface area contributed by atoms with E-state index < -0.39 is 0 Å². The third kappa shape index (κ3) is 0.795. The summed E-state index contributed by atoms with van der Waals surface area (Å²) in [6.07, 6.45) is 0. The molecule has 5 nitrogen and oxygen atoms in total. The standard InChI is InChI=1S/C7H7N3O2/c1-12-7-5(11)3-2-4-6(7)9-10-8-4/h2-3,11H,1H3,(H,8,9,10). The molecule has 0 aliphatic rings. The molecule has 0 bridgehead atoms. The van der Waals surface area contributed by atoms with Gasteiger partial charge < -0.3 is 9.84 Å². The summed E-state index contributed by atoms with van der Waals surface area (Å²) in [6.45, 7) is 0. The fraction of sp³-hybridized carbons (Fsp3) is 0.143. The molecule has 0 saturated heterocycles. The fourth-order valence-electron chi connectivity index (χ4n) is 1.08. The number of nitrogens with zero attached hydrogens (tertiary/aromatic N) is 2. The molecule has 0 spiro atoms. The first kappa shape index (κ1) is 6.90. The molecule has 0 fully saturated rings. The number of fused-ring (bicyclic) bond motifs is 1.